The van der Waals surface area contributed by atoms with E-state index < -0.39 is 11.3 Å². The third kappa shape index (κ3) is 0.853. The standard InChI is InChI=1S/C8H9N3O/c1-2-6-3-11-7(12)8(6,4-9)5-10/h6H,2-3H2,1H3,(H,11,12)/t6-/m1/s1. The molecule has 0 bridgehead atoms. The molecule has 0 aromatic rings. The molecule has 0 spiro atoms. The number of carbonyl (C=O) groups excluding carboxylic acids is 1. The smallest absolute Gasteiger partial charge is 0.255 e. The first kappa shape index (κ1) is 8.55. The number of nitrogens with one attached hydrogen (secondary N) is 1. The predicted octanol–water partition coefficient (Wildman–Crippen LogP) is 0.176. The number of carbonyl (C=O) groups is 1. The maximum atomic E-state index is 11.2. The van der Waals surface area contributed by atoms with Crippen molar-refractivity contribution in [1.82, 2.24) is 5.32 Å². The zero-order chi connectivity index (χ0) is 9.19. The van der Waals surface area contributed by atoms with Crippen molar-refractivity contribution >= 4 is 5.91 Å². The zero-order valence-corrected chi connectivity index (χ0v) is 6.79. The van der Waals surface area contributed by atoms with Gasteiger partial charge in [0.25, 0.3) is 5.91 Å². The van der Waals surface area contributed by atoms with Gasteiger partial charge in [0.2, 0.25) is 5.41 Å². The number of rotatable bonds is 1. The van der Waals surface area contributed by atoms with Crippen molar-refractivity contribution in [3.8, 4) is 12.1 Å². The highest BCUT2D eigenvalue weighted by atomic mass is 16.2. The maximum absolute atomic E-state index is 11.2. The summed E-state index contributed by atoms with van der Waals surface area (Å²) >= 11 is 0. The number of nitriles is 2. The summed E-state index contributed by atoms with van der Waals surface area (Å²) < 4.78 is 0. The van der Waals surface area contributed by atoms with Crippen molar-refractivity contribution in [2.24, 2.45) is 11.3 Å². The predicted molar refractivity (Wildman–Crippen MR) is 40.4 cm³/mol. The molecule has 0 aromatic heterocycles. The Morgan fingerprint density at radius 3 is 2.58 bits per heavy atom. The van der Waals surface area contributed by atoms with Gasteiger partial charge in [0.15, 0.2) is 0 Å². The Morgan fingerprint density at radius 1 is 1.67 bits per heavy atom. The van der Waals surface area contributed by atoms with Crippen LogP contribution >= 0.6 is 0 Å². The number of nitrogens with zero attached hydrogens (tertiary/aromatic N) is 2. The molecular weight excluding hydrogens is 154 g/mol. The third-order valence-corrected chi connectivity index (χ3v) is 2.33. The monoisotopic (exact) mass is 163 g/mol. The van der Waals surface area contributed by atoms with Gasteiger partial charge in [-0.15, -0.1) is 0 Å². The van der Waals surface area contributed by atoms with Gasteiger partial charge < -0.3 is 5.32 Å². The van der Waals surface area contributed by atoms with Crippen LogP contribution in [0.3, 0.4) is 0 Å². The van der Waals surface area contributed by atoms with Crippen molar-refractivity contribution in [2.45, 2.75) is 13.3 Å². The van der Waals surface area contributed by atoms with E-state index in [-0.39, 0.29) is 5.92 Å². The molecule has 1 rings (SSSR count). The van der Waals surface area contributed by atoms with E-state index in [2.05, 4.69) is 5.32 Å². The van der Waals surface area contributed by atoms with Gasteiger partial charge in [-0.05, 0) is 6.42 Å². The van der Waals surface area contributed by atoms with Crippen molar-refractivity contribution in [2.75, 3.05) is 6.54 Å². The lowest BCUT2D eigenvalue weighted by Crippen LogP contribution is -2.31. The van der Waals surface area contributed by atoms with E-state index in [1.165, 1.54) is 0 Å². The minimum Gasteiger partial charge on any atom is -0.353 e. The van der Waals surface area contributed by atoms with Crippen molar-refractivity contribution in [1.29, 1.82) is 10.5 Å². The van der Waals surface area contributed by atoms with Crippen molar-refractivity contribution < 1.29 is 4.79 Å². The first-order valence-electron chi connectivity index (χ1n) is 3.82. The van der Waals surface area contributed by atoms with Gasteiger partial charge in [0.05, 0.1) is 12.1 Å². The van der Waals surface area contributed by atoms with Crippen LogP contribution in [-0.4, -0.2) is 12.5 Å². The Bertz CT molecular complexity index is 270. The van der Waals surface area contributed by atoms with Crippen LogP contribution in [0, 0.1) is 34.0 Å². The molecule has 1 fully saturated rings. The summed E-state index contributed by atoms with van der Waals surface area (Å²) in [7, 11) is 0. The van der Waals surface area contributed by atoms with E-state index in [1.807, 2.05) is 6.92 Å². The van der Waals surface area contributed by atoms with E-state index >= 15 is 0 Å². The molecule has 0 aromatic carbocycles. The first-order chi connectivity index (χ1) is 5.71. The summed E-state index contributed by atoms with van der Waals surface area (Å²) in [6, 6.07) is 3.61. The molecule has 0 unspecified atom stereocenters. The lowest BCUT2D eigenvalue weighted by molar-refractivity contribution is -0.123. The van der Waals surface area contributed by atoms with Crippen LogP contribution in [0.2, 0.25) is 0 Å². The van der Waals surface area contributed by atoms with Crippen LogP contribution in [0.5, 0.6) is 0 Å². The van der Waals surface area contributed by atoms with Crippen LogP contribution in [0.4, 0.5) is 0 Å². The number of amides is 1. The van der Waals surface area contributed by atoms with Gasteiger partial charge in [0, 0.05) is 12.5 Å². The van der Waals surface area contributed by atoms with Crippen molar-refractivity contribution in [3.05, 3.63) is 0 Å². The molecule has 1 atom stereocenters. The number of hydrogen-bond acceptors (Lipinski definition) is 3. The summed E-state index contributed by atoms with van der Waals surface area (Å²) in [5.74, 6) is -0.612. The Hall–Kier alpha value is -1.55. The molecule has 12 heavy (non-hydrogen) atoms. The van der Waals surface area contributed by atoms with E-state index in [4.69, 9.17) is 10.5 Å². The normalized spacial score (nSPS) is 25.6. The molecule has 1 aliphatic heterocycles. The van der Waals surface area contributed by atoms with Crippen LogP contribution in [0.25, 0.3) is 0 Å². The molecule has 0 saturated carbocycles. The van der Waals surface area contributed by atoms with Gasteiger partial charge in [0.1, 0.15) is 0 Å². The third-order valence-electron chi connectivity index (χ3n) is 2.33. The average Bonchev–Trinajstić information content (AvgIpc) is 2.42. The fraction of sp³-hybridized carbons (Fsp3) is 0.625. The molecule has 0 radical (unpaired) electrons. The quantitative estimate of drug-likeness (QED) is 0.598. The highest BCUT2D eigenvalue weighted by Gasteiger charge is 2.50. The molecule has 0 aliphatic carbocycles. The fourth-order valence-corrected chi connectivity index (χ4v) is 1.45. The van der Waals surface area contributed by atoms with E-state index in [1.54, 1.807) is 12.1 Å². The second kappa shape index (κ2) is 2.83. The lowest BCUT2D eigenvalue weighted by Gasteiger charge is -2.14. The molecule has 1 heterocycles. The Morgan fingerprint density at radius 2 is 2.25 bits per heavy atom. The highest BCUT2D eigenvalue weighted by molar-refractivity contribution is 5.90. The molecule has 1 N–H and O–H groups in total. The molecule has 4 heteroatoms. The second-order valence-corrected chi connectivity index (χ2v) is 2.85. The Labute approximate surface area is 70.8 Å². The number of hydrogen-bond donors (Lipinski definition) is 1. The van der Waals surface area contributed by atoms with E-state index in [0.29, 0.717) is 13.0 Å². The Kier molecular flexibility index (Phi) is 2.01. The fourth-order valence-electron chi connectivity index (χ4n) is 1.45. The topological polar surface area (TPSA) is 76.7 Å². The SMILES string of the molecule is CC[C@@H]1CNC(=O)C1(C#N)C#N. The maximum Gasteiger partial charge on any atom is 0.255 e. The largest absolute Gasteiger partial charge is 0.353 e. The summed E-state index contributed by atoms with van der Waals surface area (Å²) in [4.78, 5) is 11.2. The molecule has 4 nitrogen and oxygen atoms in total. The van der Waals surface area contributed by atoms with E-state index in [9.17, 15) is 4.79 Å². The highest BCUT2D eigenvalue weighted by Crippen LogP contribution is 2.33. The lowest BCUT2D eigenvalue weighted by atomic mass is 9.79. The van der Waals surface area contributed by atoms with Crippen LogP contribution in [0.15, 0.2) is 0 Å². The zero-order valence-electron chi connectivity index (χ0n) is 6.79. The van der Waals surface area contributed by atoms with Crippen molar-refractivity contribution in [3.63, 3.8) is 0 Å². The minimum atomic E-state index is -1.44. The molecule has 1 saturated heterocycles. The summed E-state index contributed by atoms with van der Waals surface area (Å²) in [6.07, 6.45) is 0.667. The van der Waals surface area contributed by atoms with E-state index in [0.717, 1.165) is 0 Å². The van der Waals surface area contributed by atoms with Crippen LogP contribution in [0.1, 0.15) is 13.3 Å². The summed E-state index contributed by atoms with van der Waals surface area (Å²) in [5.41, 5.74) is -1.44. The van der Waals surface area contributed by atoms with Gasteiger partial charge in [-0.3, -0.25) is 4.79 Å². The second-order valence-electron chi connectivity index (χ2n) is 2.85. The summed E-state index contributed by atoms with van der Waals surface area (Å²) in [6.45, 7) is 2.31. The summed E-state index contributed by atoms with van der Waals surface area (Å²) in [5, 5.41) is 20.0. The Balaban J connectivity index is 3.07. The molecular formula is C8H9N3O. The molecule has 1 aliphatic rings. The van der Waals surface area contributed by atoms with Gasteiger partial charge in [-0.1, -0.05) is 6.92 Å². The molecule has 62 valence electrons. The average molecular weight is 163 g/mol. The van der Waals surface area contributed by atoms with Crippen LogP contribution in [-0.2, 0) is 4.79 Å². The van der Waals surface area contributed by atoms with Gasteiger partial charge >= 0.3 is 0 Å². The first-order valence-corrected chi connectivity index (χ1v) is 3.82. The van der Waals surface area contributed by atoms with Crippen LogP contribution < -0.4 is 5.32 Å². The minimum absolute atomic E-state index is 0.167. The molecule has 1 amide bonds. The van der Waals surface area contributed by atoms with Gasteiger partial charge in [-0.2, -0.15) is 10.5 Å². The van der Waals surface area contributed by atoms with Gasteiger partial charge in [-0.25, -0.2) is 0 Å².